The van der Waals surface area contributed by atoms with Gasteiger partial charge in [0.1, 0.15) is 0 Å². The first-order chi connectivity index (χ1) is 16.9. The van der Waals surface area contributed by atoms with Gasteiger partial charge in [-0.05, 0) is 47.2 Å². The van der Waals surface area contributed by atoms with Crippen LogP contribution in [0.1, 0.15) is 0 Å². The Balaban J connectivity index is 1.43. The van der Waals surface area contributed by atoms with Gasteiger partial charge in [-0.3, -0.25) is 0 Å². The van der Waals surface area contributed by atoms with Crippen LogP contribution in [0.2, 0.25) is 0 Å². The van der Waals surface area contributed by atoms with Crippen LogP contribution in [0.3, 0.4) is 0 Å². The molecule has 0 saturated heterocycles. The van der Waals surface area contributed by atoms with Crippen LogP contribution in [-0.4, -0.2) is 4.57 Å². The molecule has 0 bridgehead atoms. The number of nitrogens with one attached hydrogen (secondary N) is 1. The first kappa shape index (κ1) is 19.0. The number of benzene rings is 6. The van der Waals surface area contributed by atoms with E-state index in [-0.39, 0.29) is 0 Å². The van der Waals surface area contributed by atoms with Crippen molar-refractivity contribution in [3.05, 3.63) is 127 Å². The van der Waals surface area contributed by atoms with Crippen LogP contribution >= 0.6 is 0 Å². The third kappa shape index (κ3) is 2.89. The molecule has 2 heteroatoms. The zero-order valence-electron chi connectivity index (χ0n) is 18.6. The van der Waals surface area contributed by atoms with Crippen LogP contribution in [0.4, 0.5) is 11.4 Å². The molecule has 0 aliphatic carbocycles. The van der Waals surface area contributed by atoms with Crippen molar-refractivity contribution >= 4 is 54.7 Å². The topological polar surface area (TPSA) is 17.0 Å². The lowest BCUT2D eigenvalue weighted by Crippen LogP contribution is -1.97. The molecule has 7 rings (SSSR count). The Kier molecular flexibility index (Phi) is 4.18. The fourth-order valence-electron chi connectivity index (χ4n) is 5.22. The van der Waals surface area contributed by atoms with Crippen molar-refractivity contribution in [2.45, 2.75) is 0 Å². The third-order valence-electron chi connectivity index (χ3n) is 6.73. The van der Waals surface area contributed by atoms with E-state index in [0.717, 1.165) is 17.1 Å². The number of nitrogens with zero attached hydrogens (tertiary/aromatic N) is 1. The number of hydrogen-bond acceptors (Lipinski definition) is 1. The molecule has 0 amide bonds. The molecule has 1 N–H and O–H groups in total. The summed E-state index contributed by atoms with van der Waals surface area (Å²) in [6.45, 7) is 0. The predicted octanol–water partition coefficient (Wildman–Crippen LogP) is 8.83. The molecular formula is C32H22N2. The zero-order valence-corrected chi connectivity index (χ0v) is 18.6. The molecule has 6 aromatic carbocycles. The Morgan fingerprint density at radius 2 is 0.971 bits per heavy atom. The summed E-state index contributed by atoms with van der Waals surface area (Å²) >= 11 is 0. The van der Waals surface area contributed by atoms with Crippen molar-refractivity contribution in [1.29, 1.82) is 0 Å². The smallest absolute Gasteiger partial charge is 0.0543 e. The molecule has 160 valence electrons. The minimum atomic E-state index is 1.07. The second-order valence-corrected chi connectivity index (χ2v) is 8.74. The number of para-hydroxylation sites is 2. The van der Waals surface area contributed by atoms with E-state index in [4.69, 9.17) is 0 Å². The summed E-state index contributed by atoms with van der Waals surface area (Å²) in [5, 5.41) is 11.3. The minimum absolute atomic E-state index is 1.07. The van der Waals surface area contributed by atoms with Gasteiger partial charge in [0, 0.05) is 32.9 Å². The molecule has 2 nitrogen and oxygen atoms in total. The zero-order chi connectivity index (χ0) is 22.5. The Morgan fingerprint density at radius 3 is 1.59 bits per heavy atom. The van der Waals surface area contributed by atoms with Gasteiger partial charge in [-0.1, -0.05) is 91.0 Å². The molecule has 0 aliphatic heterocycles. The fraction of sp³-hybridized carbons (Fsp3) is 0. The maximum atomic E-state index is 3.78. The molecule has 0 aliphatic rings. The highest BCUT2D eigenvalue weighted by Gasteiger charge is 2.12. The van der Waals surface area contributed by atoms with Gasteiger partial charge in [0.25, 0.3) is 0 Å². The number of rotatable bonds is 3. The van der Waals surface area contributed by atoms with Crippen molar-refractivity contribution in [2.24, 2.45) is 0 Å². The van der Waals surface area contributed by atoms with E-state index in [1.807, 2.05) is 0 Å². The number of fused-ring (bicyclic) bond motifs is 5. The van der Waals surface area contributed by atoms with Crippen LogP contribution in [0.15, 0.2) is 127 Å². The van der Waals surface area contributed by atoms with Gasteiger partial charge < -0.3 is 9.88 Å². The second kappa shape index (κ2) is 7.50. The van der Waals surface area contributed by atoms with E-state index < -0.39 is 0 Å². The Hall–Kier alpha value is -4.56. The van der Waals surface area contributed by atoms with Gasteiger partial charge in [-0.25, -0.2) is 0 Å². The number of anilines is 2. The summed E-state index contributed by atoms with van der Waals surface area (Å²) in [7, 11) is 0. The fourth-order valence-corrected chi connectivity index (χ4v) is 5.22. The van der Waals surface area contributed by atoms with Crippen LogP contribution in [-0.2, 0) is 0 Å². The Morgan fingerprint density at radius 1 is 0.441 bits per heavy atom. The molecule has 7 aromatic rings. The molecule has 0 saturated carbocycles. The lowest BCUT2D eigenvalue weighted by Gasteiger charge is -2.15. The van der Waals surface area contributed by atoms with Gasteiger partial charge >= 0.3 is 0 Å². The standard InChI is InChI=1S/C32H22N2/c1-3-14-26-22(10-1)20-23-11-2-4-15-27(23)32(26)33-24-12-9-13-25(21-24)34-30-18-7-5-16-28(30)29-17-6-8-19-31(29)34/h1-21,33H. The summed E-state index contributed by atoms with van der Waals surface area (Å²) in [6, 6.07) is 45.4. The highest BCUT2D eigenvalue weighted by atomic mass is 15.0. The molecule has 0 unspecified atom stereocenters. The first-order valence-corrected chi connectivity index (χ1v) is 11.6. The lowest BCUT2D eigenvalue weighted by molar-refractivity contribution is 1.18. The summed E-state index contributed by atoms with van der Waals surface area (Å²) in [5.74, 6) is 0. The SMILES string of the molecule is c1cc(Nc2c3ccccc3cc3ccccc23)cc(-n2c3ccccc3c3ccccc32)c1. The lowest BCUT2D eigenvalue weighted by atomic mass is 10.0. The van der Waals surface area contributed by atoms with Crippen molar-refractivity contribution in [1.82, 2.24) is 4.57 Å². The first-order valence-electron chi connectivity index (χ1n) is 11.6. The molecule has 0 fully saturated rings. The average Bonchev–Trinajstić information content (AvgIpc) is 3.23. The minimum Gasteiger partial charge on any atom is -0.354 e. The van der Waals surface area contributed by atoms with Crippen molar-refractivity contribution < 1.29 is 0 Å². The highest BCUT2D eigenvalue weighted by Crippen LogP contribution is 2.36. The summed E-state index contributed by atoms with van der Waals surface area (Å²) in [6.07, 6.45) is 0. The summed E-state index contributed by atoms with van der Waals surface area (Å²) < 4.78 is 2.36. The van der Waals surface area contributed by atoms with E-state index in [9.17, 15) is 0 Å². The molecule has 0 radical (unpaired) electrons. The van der Waals surface area contributed by atoms with Crippen LogP contribution in [0.25, 0.3) is 49.0 Å². The summed E-state index contributed by atoms with van der Waals surface area (Å²) in [4.78, 5) is 0. The van der Waals surface area contributed by atoms with Crippen LogP contribution < -0.4 is 5.32 Å². The van der Waals surface area contributed by atoms with Crippen molar-refractivity contribution in [3.8, 4) is 5.69 Å². The van der Waals surface area contributed by atoms with E-state index >= 15 is 0 Å². The van der Waals surface area contributed by atoms with E-state index in [1.54, 1.807) is 0 Å². The van der Waals surface area contributed by atoms with Gasteiger partial charge in [-0.2, -0.15) is 0 Å². The normalized spacial score (nSPS) is 11.5. The molecule has 0 atom stereocenters. The van der Waals surface area contributed by atoms with Crippen LogP contribution in [0, 0.1) is 0 Å². The largest absolute Gasteiger partial charge is 0.354 e. The molecular weight excluding hydrogens is 412 g/mol. The van der Waals surface area contributed by atoms with E-state index in [2.05, 4.69) is 137 Å². The maximum Gasteiger partial charge on any atom is 0.0543 e. The monoisotopic (exact) mass is 434 g/mol. The maximum absolute atomic E-state index is 3.78. The second-order valence-electron chi connectivity index (χ2n) is 8.74. The Labute approximate surface area is 197 Å². The van der Waals surface area contributed by atoms with E-state index in [1.165, 1.54) is 43.4 Å². The van der Waals surface area contributed by atoms with Crippen molar-refractivity contribution in [3.63, 3.8) is 0 Å². The van der Waals surface area contributed by atoms with E-state index in [0.29, 0.717) is 0 Å². The average molecular weight is 435 g/mol. The third-order valence-corrected chi connectivity index (χ3v) is 6.73. The number of aromatic nitrogens is 1. The highest BCUT2D eigenvalue weighted by molar-refractivity contribution is 6.12. The van der Waals surface area contributed by atoms with Gasteiger partial charge in [0.05, 0.1) is 16.7 Å². The van der Waals surface area contributed by atoms with Gasteiger partial charge in [0.2, 0.25) is 0 Å². The summed E-state index contributed by atoms with van der Waals surface area (Å²) in [5.41, 5.74) is 5.80. The van der Waals surface area contributed by atoms with Crippen LogP contribution in [0.5, 0.6) is 0 Å². The number of hydrogen-bond donors (Lipinski definition) is 1. The predicted molar refractivity (Wildman–Crippen MR) is 146 cm³/mol. The quantitative estimate of drug-likeness (QED) is 0.275. The molecule has 34 heavy (non-hydrogen) atoms. The molecule has 1 aromatic heterocycles. The molecule has 1 heterocycles. The molecule has 0 spiro atoms. The van der Waals surface area contributed by atoms with Crippen molar-refractivity contribution in [2.75, 3.05) is 5.32 Å². The Bertz CT molecular complexity index is 1730. The van der Waals surface area contributed by atoms with Gasteiger partial charge in [-0.15, -0.1) is 0 Å². The van der Waals surface area contributed by atoms with Gasteiger partial charge in [0.15, 0.2) is 0 Å².